The zero-order valence-corrected chi connectivity index (χ0v) is 13.0. The lowest BCUT2D eigenvalue weighted by molar-refractivity contribution is 0.0463. The standard InChI is InChI=1S/C14H16BrN3O2/c1-3-18-12(13(15)9(2)17-18)8-20-14(19)10-6-4-5-7-11(10)16/h4-7H,3,8,16H2,1-2H3. The topological polar surface area (TPSA) is 70.1 Å². The van der Waals surface area contributed by atoms with Crippen LogP contribution in [0.5, 0.6) is 0 Å². The number of nitrogens with two attached hydrogens (primary N) is 1. The predicted molar refractivity (Wildman–Crippen MR) is 80.3 cm³/mol. The van der Waals surface area contributed by atoms with E-state index in [0.29, 0.717) is 17.8 Å². The predicted octanol–water partition coefficient (Wildman–Crippen LogP) is 2.91. The van der Waals surface area contributed by atoms with Crippen LogP contribution in [0.25, 0.3) is 0 Å². The van der Waals surface area contributed by atoms with Gasteiger partial charge in [0, 0.05) is 12.2 Å². The molecule has 0 unspecified atom stereocenters. The number of para-hydroxylation sites is 1. The second-order valence-electron chi connectivity index (χ2n) is 4.33. The lowest BCUT2D eigenvalue weighted by Crippen LogP contribution is -2.11. The Morgan fingerprint density at radius 2 is 2.15 bits per heavy atom. The highest BCUT2D eigenvalue weighted by atomic mass is 79.9. The fourth-order valence-electron chi connectivity index (χ4n) is 1.90. The SMILES string of the molecule is CCn1nc(C)c(Br)c1COC(=O)c1ccccc1N. The normalized spacial score (nSPS) is 10.6. The average Bonchev–Trinajstić information content (AvgIpc) is 2.72. The zero-order valence-electron chi connectivity index (χ0n) is 11.4. The van der Waals surface area contributed by atoms with Crippen molar-refractivity contribution in [3.8, 4) is 0 Å². The maximum absolute atomic E-state index is 12.0. The van der Waals surface area contributed by atoms with E-state index < -0.39 is 5.97 Å². The van der Waals surface area contributed by atoms with Crippen LogP contribution in [0.3, 0.4) is 0 Å². The van der Waals surface area contributed by atoms with Crippen molar-refractivity contribution in [1.82, 2.24) is 9.78 Å². The fraction of sp³-hybridized carbons (Fsp3) is 0.286. The van der Waals surface area contributed by atoms with Gasteiger partial charge in [-0.25, -0.2) is 4.79 Å². The van der Waals surface area contributed by atoms with Gasteiger partial charge in [0.05, 0.1) is 21.4 Å². The van der Waals surface area contributed by atoms with Gasteiger partial charge in [0.2, 0.25) is 0 Å². The number of aryl methyl sites for hydroxylation is 2. The van der Waals surface area contributed by atoms with E-state index >= 15 is 0 Å². The minimum Gasteiger partial charge on any atom is -0.455 e. The van der Waals surface area contributed by atoms with Crippen LogP contribution in [0.2, 0.25) is 0 Å². The van der Waals surface area contributed by atoms with Crippen LogP contribution in [0.4, 0.5) is 5.69 Å². The molecule has 0 bridgehead atoms. The molecule has 1 heterocycles. The second kappa shape index (κ2) is 6.09. The fourth-order valence-corrected chi connectivity index (χ4v) is 2.30. The number of ether oxygens (including phenoxy) is 1. The number of carbonyl (C=O) groups excluding carboxylic acids is 1. The van der Waals surface area contributed by atoms with Crippen molar-refractivity contribution in [2.75, 3.05) is 5.73 Å². The second-order valence-corrected chi connectivity index (χ2v) is 5.12. The van der Waals surface area contributed by atoms with E-state index in [4.69, 9.17) is 10.5 Å². The van der Waals surface area contributed by atoms with Gasteiger partial charge >= 0.3 is 5.97 Å². The number of carbonyl (C=O) groups is 1. The highest BCUT2D eigenvalue weighted by molar-refractivity contribution is 9.10. The third-order valence-electron chi connectivity index (χ3n) is 2.97. The van der Waals surface area contributed by atoms with Crippen molar-refractivity contribution in [3.05, 3.63) is 45.7 Å². The summed E-state index contributed by atoms with van der Waals surface area (Å²) in [5.41, 5.74) is 8.26. The molecular formula is C14H16BrN3O2. The Morgan fingerprint density at radius 1 is 1.45 bits per heavy atom. The number of hydrogen-bond acceptors (Lipinski definition) is 4. The number of nitrogens with zero attached hydrogens (tertiary/aromatic N) is 2. The van der Waals surface area contributed by atoms with Crippen molar-refractivity contribution in [2.45, 2.75) is 27.0 Å². The van der Waals surface area contributed by atoms with E-state index in [-0.39, 0.29) is 6.61 Å². The van der Waals surface area contributed by atoms with Crippen LogP contribution in [0.1, 0.15) is 28.7 Å². The monoisotopic (exact) mass is 337 g/mol. The van der Waals surface area contributed by atoms with Gasteiger partial charge in [-0.3, -0.25) is 4.68 Å². The maximum Gasteiger partial charge on any atom is 0.340 e. The van der Waals surface area contributed by atoms with Crippen molar-refractivity contribution in [2.24, 2.45) is 0 Å². The lowest BCUT2D eigenvalue weighted by atomic mass is 10.2. The molecule has 1 aromatic carbocycles. The van der Waals surface area contributed by atoms with Crippen molar-refractivity contribution < 1.29 is 9.53 Å². The Labute approximate surface area is 125 Å². The molecule has 6 heteroatoms. The summed E-state index contributed by atoms with van der Waals surface area (Å²) in [6.07, 6.45) is 0. The van der Waals surface area contributed by atoms with Crippen LogP contribution in [0.15, 0.2) is 28.7 Å². The first-order valence-electron chi connectivity index (χ1n) is 6.28. The first-order valence-corrected chi connectivity index (χ1v) is 7.07. The summed E-state index contributed by atoms with van der Waals surface area (Å²) in [5, 5.41) is 4.35. The smallest absolute Gasteiger partial charge is 0.340 e. The van der Waals surface area contributed by atoms with Gasteiger partial charge in [-0.1, -0.05) is 12.1 Å². The van der Waals surface area contributed by atoms with Crippen molar-refractivity contribution in [1.29, 1.82) is 0 Å². The molecule has 2 N–H and O–H groups in total. The van der Waals surface area contributed by atoms with Gasteiger partial charge in [0.15, 0.2) is 0 Å². The average molecular weight is 338 g/mol. The van der Waals surface area contributed by atoms with Crippen molar-refractivity contribution in [3.63, 3.8) is 0 Å². The van der Waals surface area contributed by atoms with E-state index in [1.54, 1.807) is 28.9 Å². The molecular weight excluding hydrogens is 322 g/mol. The number of rotatable bonds is 4. The van der Waals surface area contributed by atoms with E-state index in [1.807, 2.05) is 13.8 Å². The van der Waals surface area contributed by atoms with Gasteiger partial charge < -0.3 is 10.5 Å². The van der Waals surface area contributed by atoms with Crippen LogP contribution in [-0.2, 0) is 17.9 Å². The Bertz CT molecular complexity index is 637. The summed E-state index contributed by atoms with van der Waals surface area (Å²) in [6.45, 7) is 4.76. The number of aromatic nitrogens is 2. The molecule has 1 aromatic heterocycles. The van der Waals surface area contributed by atoms with E-state index in [1.165, 1.54) is 0 Å². The summed E-state index contributed by atoms with van der Waals surface area (Å²) >= 11 is 3.46. The van der Waals surface area contributed by atoms with E-state index in [2.05, 4.69) is 21.0 Å². The molecule has 0 amide bonds. The van der Waals surface area contributed by atoms with Gasteiger partial charge in [0.25, 0.3) is 0 Å². The minimum atomic E-state index is -0.434. The summed E-state index contributed by atoms with van der Waals surface area (Å²) < 4.78 is 8.00. The molecule has 0 spiro atoms. The number of esters is 1. The molecule has 0 fully saturated rings. The van der Waals surface area contributed by atoms with Gasteiger partial charge in [0.1, 0.15) is 6.61 Å². The van der Waals surface area contributed by atoms with E-state index in [0.717, 1.165) is 15.9 Å². The van der Waals surface area contributed by atoms with Crippen LogP contribution >= 0.6 is 15.9 Å². The molecule has 0 radical (unpaired) electrons. The molecule has 0 aliphatic rings. The van der Waals surface area contributed by atoms with Gasteiger partial charge in [-0.05, 0) is 41.9 Å². The summed E-state index contributed by atoms with van der Waals surface area (Å²) in [7, 11) is 0. The highest BCUT2D eigenvalue weighted by Gasteiger charge is 2.16. The maximum atomic E-state index is 12.0. The van der Waals surface area contributed by atoms with Crippen LogP contribution in [-0.4, -0.2) is 15.7 Å². The third kappa shape index (κ3) is 2.85. The van der Waals surface area contributed by atoms with Crippen LogP contribution in [0, 0.1) is 6.92 Å². The third-order valence-corrected chi connectivity index (χ3v) is 4.01. The molecule has 2 rings (SSSR count). The Hall–Kier alpha value is -1.82. The number of halogens is 1. The molecule has 0 saturated heterocycles. The van der Waals surface area contributed by atoms with E-state index in [9.17, 15) is 4.79 Å². The largest absolute Gasteiger partial charge is 0.455 e. The van der Waals surface area contributed by atoms with Gasteiger partial charge in [-0.2, -0.15) is 5.10 Å². The summed E-state index contributed by atoms with van der Waals surface area (Å²) in [4.78, 5) is 12.0. The first-order chi connectivity index (χ1) is 9.54. The highest BCUT2D eigenvalue weighted by Crippen LogP contribution is 2.22. The number of anilines is 1. The van der Waals surface area contributed by atoms with Crippen molar-refractivity contribution >= 4 is 27.6 Å². The molecule has 0 aliphatic heterocycles. The molecule has 20 heavy (non-hydrogen) atoms. The zero-order chi connectivity index (χ0) is 14.7. The minimum absolute atomic E-state index is 0.155. The summed E-state index contributed by atoms with van der Waals surface area (Å²) in [5.74, 6) is -0.434. The Balaban J connectivity index is 2.13. The molecule has 0 atom stereocenters. The van der Waals surface area contributed by atoms with Gasteiger partial charge in [-0.15, -0.1) is 0 Å². The van der Waals surface area contributed by atoms with Crippen LogP contribution < -0.4 is 5.73 Å². The molecule has 5 nitrogen and oxygen atoms in total. The molecule has 2 aromatic rings. The quantitative estimate of drug-likeness (QED) is 0.687. The number of nitrogen functional groups attached to an aromatic ring is 1. The molecule has 106 valence electrons. The summed E-state index contributed by atoms with van der Waals surface area (Å²) in [6, 6.07) is 6.85. The Kier molecular flexibility index (Phi) is 4.44. The lowest BCUT2D eigenvalue weighted by Gasteiger charge is -2.08. The number of hydrogen-bond donors (Lipinski definition) is 1. The Morgan fingerprint density at radius 3 is 2.80 bits per heavy atom. The molecule has 0 aliphatic carbocycles. The number of benzene rings is 1. The molecule has 0 saturated carbocycles. The first kappa shape index (κ1) is 14.6.